The van der Waals surface area contributed by atoms with Gasteiger partial charge in [-0.05, 0) is 62.6 Å². The van der Waals surface area contributed by atoms with E-state index < -0.39 is 11.7 Å². The number of ether oxygens (including phenoxy) is 1. The highest BCUT2D eigenvalue weighted by atomic mass is 19.1. The van der Waals surface area contributed by atoms with Crippen molar-refractivity contribution in [2.45, 2.75) is 39.3 Å². The molecule has 0 aliphatic carbocycles. The van der Waals surface area contributed by atoms with Gasteiger partial charge in [-0.15, -0.1) is 0 Å². The number of aromatic nitrogens is 1. The Balaban J connectivity index is 1.80. The fourth-order valence-corrected chi connectivity index (χ4v) is 3.32. The summed E-state index contributed by atoms with van der Waals surface area (Å²) < 4.78 is 21.1. The molecule has 140 valence electrons. The Morgan fingerprint density at radius 2 is 2.26 bits per heavy atom. The third-order valence-electron chi connectivity index (χ3n) is 4.77. The molecule has 2 aromatic rings. The Hall–Kier alpha value is -2.91. The summed E-state index contributed by atoms with van der Waals surface area (Å²) in [5.41, 5.74) is 3.13. The first-order chi connectivity index (χ1) is 13.0. The Morgan fingerprint density at radius 3 is 2.93 bits per heavy atom. The third kappa shape index (κ3) is 4.44. The number of anilines is 1. The highest BCUT2D eigenvalue weighted by molar-refractivity contribution is 6.09. The zero-order valence-electron chi connectivity index (χ0n) is 15.5. The summed E-state index contributed by atoms with van der Waals surface area (Å²) in [5.74, 6) is -1.01. The molecule has 1 aliphatic heterocycles. The van der Waals surface area contributed by atoms with Crippen LogP contribution in [0.25, 0.3) is 6.08 Å². The third-order valence-corrected chi connectivity index (χ3v) is 4.77. The summed E-state index contributed by atoms with van der Waals surface area (Å²) in [6.45, 7) is 5.53. The minimum Gasteiger partial charge on any atom is -0.376 e. The Kier molecular flexibility index (Phi) is 5.72. The molecule has 1 fully saturated rings. The fourth-order valence-electron chi connectivity index (χ4n) is 3.32. The average molecular weight is 367 g/mol. The van der Waals surface area contributed by atoms with Gasteiger partial charge in [0.05, 0.1) is 6.10 Å². The van der Waals surface area contributed by atoms with Crippen molar-refractivity contribution in [3.8, 4) is 6.07 Å². The van der Waals surface area contributed by atoms with Crippen molar-refractivity contribution in [1.82, 2.24) is 4.57 Å². The van der Waals surface area contributed by atoms with Crippen LogP contribution in [-0.2, 0) is 16.1 Å². The molecule has 1 amide bonds. The Bertz CT molecular complexity index is 918. The van der Waals surface area contributed by atoms with Crippen LogP contribution in [0.2, 0.25) is 0 Å². The number of amides is 1. The van der Waals surface area contributed by atoms with Gasteiger partial charge in [0.25, 0.3) is 5.91 Å². The van der Waals surface area contributed by atoms with E-state index in [0.29, 0.717) is 5.69 Å². The van der Waals surface area contributed by atoms with E-state index in [1.54, 1.807) is 12.1 Å². The predicted octanol–water partition coefficient (Wildman–Crippen LogP) is 3.97. The maximum atomic E-state index is 13.3. The molecular formula is C21H22FN3O2. The molecule has 1 saturated heterocycles. The van der Waals surface area contributed by atoms with E-state index in [1.807, 2.05) is 26.0 Å². The molecule has 0 saturated carbocycles. The smallest absolute Gasteiger partial charge is 0.266 e. The first-order valence-corrected chi connectivity index (χ1v) is 8.95. The number of carbonyl (C=O) groups excluding carboxylic acids is 1. The summed E-state index contributed by atoms with van der Waals surface area (Å²) in [5, 5.41) is 12.0. The molecule has 0 bridgehead atoms. The number of carbonyl (C=O) groups is 1. The molecule has 6 heteroatoms. The van der Waals surface area contributed by atoms with E-state index >= 15 is 0 Å². The SMILES string of the molecule is Cc1cc(/C=C(\C#N)C(=O)Nc2cccc(F)c2)c(C)n1CC1CCCO1. The predicted molar refractivity (Wildman–Crippen MR) is 101 cm³/mol. The van der Waals surface area contributed by atoms with Crippen LogP contribution in [-0.4, -0.2) is 23.2 Å². The van der Waals surface area contributed by atoms with Crippen molar-refractivity contribution in [1.29, 1.82) is 5.26 Å². The van der Waals surface area contributed by atoms with Crippen LogP contribution in [0.15, 0.2) is 35.9 Å². The summed E-state index contributed by atoms with van der Waals surface area (Å²) in [6.07, 6.45) is 3.90. The second-order valence-electron chi connectivity index (χ2n) is 6.71. The summed E-state index contributed by atoms with van der Waals surface area (Å²) in [6, 6.07) is 9.46. The van der Waals surface area contributed by atoms with Crippen molar-refractivity contribution in [2.24, 2.45) is 0 Å². The quantitative estimate of drug-likeness (QED) is 0.642. The van der Waals surface area contributed by atoms with Crippen LogP contribution >= 0.6 is 0 Å². The lowest BCUT2D eigenvalue weighted by Crippen LogP contribution is -2.17. The second kappa shape index (κ2) is 8.19. The molecule has 2 heterocycles. The van der Waals surface area contributed by atoms with E-state index in [1.165, 1.54) is 18.2 Å². The number of nitriles is 1. The molecule has 0 radical (unpaired) electrons. The zero-order valence-corrected chi connectivity index (χ0v) is 15.5. The molecule has 0 spiro atoms. The number of hydrogen-bond acceptors (Lipinski definition) is 3. The summed E-state index contributed by atoms with van der Waals surface area (Å²) >= 11 is 0. The Labute approximate surface area is 158 Å². The van der Waals surface area contributed by atoms with Gasteiger partial charge in [-0.25, -0.2) is 4.39 Å². The van der Waals surface area contributed by atoms with Gasteiger partial charge in [0.2, 0.25) is 0 Å². The van der Waals surface area contributed by atoms with Gasteiger partial charge in [-0.1, -0.05) is 6.07 Å². The molecule has 1 aliphatic rings. The number of rotatable bonds is 5. The van der Waals surface area contributed by atoms with Crippen LogP contribution in [0.1, 0.15) is 29.8 Å². The number of halogens is 1. The molecule has 1 aromatic heterocycles. The van der Waals surface area contributed by atoms with Gasteiger partial charge >= 0.3 is 0 Å². The van der Waals surface area contributed by atoms with Gasteiger partial charge in [-0.3, -0.25) is 4.79 Å². The number of benzene rings is 1. The zero-order chi connectivity index (χ0) is 19.4. The molecule has 27 heavy (non-hydrogen) atoms. The maximum absolute atomic E-state index is 13.3. The molecule has 5 nitrogen and oxygen atoms in total. The van der Waals surface area contributed by atoms with Crippen LogP contribution in [0, 0.1) is 31.0 Å². The molecule has 1 aromatic carbocycles. The number of hydrogen-bond donors (Lipinski definition) is 1. The highest BCUT2D eigenvalue weighted by Crippen LogP contribution is 2.22. The normalized spacial score (nSPS) is 17.0. The largest absolute Gasteiger partial charge is 0.376 e. The van der Waals surface area contributed by atoms with E-state index in [4.69, 9.17) is 4.74 Å². The lowest BCUT2D eigenvalue weighted by atomic mass is 10.1. The molecule has 1 N–H and O–H groups in total. The summed E-state index contributed by atoms with van der Waals surface area (Å²) in [7, 11) is 0. The topological polar surface area (TPSA) is 67.0 Å². The van der Waals surface area contributed by atoms with Crippen molar-refractivity contribution in [3.63, 3.8) is 0 Å². The monoisotopic (exact) mass is 367 g/mol. The van der Waals surface area contributed by atoms with Crippen molar-refractivity contribution in [2.75, 3.05) is 11.9 Å². The molecule has 3 rings (SSSR count). The van der Waals surface area contributed by atoms with Crippen molar-refractivity contribution in [3.05, 3.63) is 58.7 Å². The van der Waals surface area contributed by atoms with Gasteiger partial charge in [0.1, 0.15) is 17.5 Å². The van der Waals surface area contributed by atoms with E-state index in [9.17, 15) is 14.4 Å². The molecule has 1 unspecified atom stereocenters. The van der Waals surface area contributed by atoms with Gasteiger partial charge in [0, 0.05) is 30.2 Å². The standard InChI is InChI=1S/C21H22FN3O2/c1-14-9-16(15(2)25(14)13-20-7-4-8-27-20)10-17(12-23)21(26)24-19-6-3-5-18(22)11-19/h3,5-6,9-11,20H,4,7-8,13H2,1-2H3,(H,24,26)/b17-10+. The number of nitrogens with one attached hydrogen (secondary N) is 1. The van der Waals surface area contributed by atoms with Crippen LogP contribution in [0.3, 0.4) is 0 Å². The van der Waals surface area contributed by atoms with Crippen LogP contribution in [0.4, 0.5) is 10.1 Å². The van der Waals surface area contributed by atoms with Gasteiger partial charge in [0.15, 0.2) is 0 Å². The highest BCUT2D eigenvalue weighted by Gasteiger charge is 2.19. The fraction of sp³-hybridized carbons (Fsp3) is 0.333. The summed E-state index contributed by atoms with van der Waals surface area (Å²) in [4.78, 5) is 12.4. The van der Waals surface area contributed by atoms with Crippen LogP contribution in [0.5, 0.6) is 0 Å². The minimum atomic E-state index is -0.563. The lowest BCUT2D eigenvalue weighted by Gasteiger charge is -2.14. The molecule has 1 atom stereocenters. The lowest BCUT2D eigenvalue weighted by molar-refractivity contribution is -0.112. The first kappa shape index (κ1) is 18.9. The van der Waals surface area contributed by atoms with Gasteiger partial charge in [-0.2, -0.15) is 5.26 Å². The van der Waals surface area contributed by atoms with Gasteiger partial charge < -0.3 is 14.6 Å². The number of aryl methyl sites for hydroxylation is 1. The van der Waals surface area contributed by atoms with Crippen LogP contribution < -0.4 is 5.32 Å². The number of nitrogens with zero attached hydrogens (tertiary/aromatic N) is 2. The van der Waals surface area contributed by atoms with E-state index in [-0.39, 0.29) is 11.7 Å². The second-order valence-corrected chi connectivity index (χ2v) is 6.71. The maximum Gasteiger partial charge on any atom is 0.266 e. The molecular weight excluding hydrogens is 345 g/mol. The van der Waals surface area contributed by atoms with E-state index in [0.717, 1.165) is 42.9 Å². The first-order valence-electron chi connectivity index (χ1n) is 8.95. The van der Waals surface area contributed by atoms with Crippen molar-refractivity contribution < 1.29 is 13.9 Å². The average Bonchev–Trinajstić information content (AvgIpc) is 3.23. The Morgan fingerprint density at radius 1 is 1.44 bits per heavy atom. The van der Waals surface area contributed by atoms with E-state index in [2.05, 4.69) is 9.88 Å². The minimum absolute atomic E-state index is 0.0309. The van der Waals surface area contributed by atoms with Crippen molar-refractivity contribution >= 4 is 17.7 Å².